The van der Waals surface area contributed by atoms with E-state index in [1.54, 1.807) is 24.3 Å². The highest BCUT2D eigenvalue weighted by Crippen LogP contribution is 2.21. The van der Waals surface area contributed by atoms with Crippen molar-refractivity contribution in [1.82, 2.24) is 10.3 Å². The zero-order valence-corrected chi connectivity index (χ0v) is 9.69. The Bertz CT molecular complexity index is 603. The summed E-state index contributed by atoms with van der Waals surface area (Å²) in [5, 5.41) is 12.1. The highest BCUT2D eigenvalue weighted by molar-refractivity contribution is 5.94. The molecule has 18 heavy (non-hydrogen) atoms. The second-order valence-corrected chi connectivity index (χ2v) is 3.70. The zero-order valence-electron chi connectivity index (χ0n) is 9.69. The van der Waals surface area contributed by atoms with E-state index in [1.165, 1.54) is 7.05 Å². The van der Waals surface area contributed by atoms with Crippen LogP contribution in [-0.4, -0.2) is 35.6 Å². The van der Waals surface area contributed by atoms with E-state index in [-0.39, 0.29) is 18.2 Å². The molecule has 0 aliphatic rings. The van der Waals surface area contributed by atoms with Gasteiger partial charge < -0.3 is 20.1 Å². The Kier molecular flexibility index (Phi) is 3.18. The molecule has 0 fully saturated rings. The number of rotatable bonds is 4. The molecule has 0 unspecified atom stereocenters. The smallest absolute Gasteiger partial charge is 0.352 e. The standard InChI is InChI=1S/C12H12N2O4/c1-13-11(15)6-18-8-3-2-7-4-10(12(16)17)14-9(7)5-8/h2-5,14H,6H2,1H3,(H,13,15)(H,16,17). The molecular formula is C12H12N2O4. The van der Waals surface area contributed by atoms with Gasteiger partial charge in [-0.15, -0.1) is 0 Å². The van der Waals surface area contributed by atoms with Crippen molar-refractivity contribution < 1.29 is 19.4 Å². The van der Waals surface area contributed by atoms with Crippen LogP contribution in [0.15, 0.2) is 24.3 Å². The Hall–Kier alpha value is -2.50. The lowest BCUT2D eigenvalue weighted by Gasteiger charge is -2.04. The van der Waals surface area contributed by atoms with E-state index in [2.05, 4.69) is 10.3 Å². The number of H-pyrrole nitrogens is 1. The molecule has 0 atom stereocenters. The van der Waals surface area contributed by atoms with Crippen molar-refractivity contribution in [1.29, 1.82) is 0 Å². The third-order valence-corrected chi connectivity index (χ3v) is 2.47. The second-order valence-electron chi connectivity index (χ2n) is 3.70. The summed E-state index contributed by atoms with van der Waals surface area (Å²) in [5.41, 5.74) is 0.773. The fraction of sp³-hybridized carbons (Fsp3) is 0.167. The van der Waals surface area contributed by atoms with Gasteiger partial charge in [-0.05, 0) is 18.2 Å². The van der Waals surface area contributed by atoms with Crippen molar-refractivity contribution in [2.75, 3.05) is 13.7 Å². The van der Waals surface area contributed by atoms with E-state index in [4.69, 9.17) is 9.84 Å². The summed E-state index contributed by atoms with van der Waals surface area (Å²) in [6, 6.07) is 6.62. The lowest BCUT2D eigenvalue weighted by Crippen LogP contribution is -2.24. The maximum absolute atomic E-state index is 11.0. The van der Waals surface area contributed by atoms with Gasteiger partial charge in [-0.2, -0.15) is 0 Å². The summed E-state index contributed by atoms with van der Waals surface area (Å²) in [7, 11) is 1.53. The van der Waals surface area contributed by atoms with Crippen LogP contribution in [0.25, 0.3) is 10.9 Å². The first-order chi connectivity index (χ1) is 8.60. The second kappa shape index (κ2) is 4.79. The average molecular weight is 248 g/mol. The molecule has 1 amide bonds. The molecule has 0 saturated heterocycles. The first-order valence-electron chi connectivity index (χ1n) is 5.29. The molecule has 0 aliphatic heterocycles. The van der Waals surface area contributed by atoms with Gasteiger partial charge in [0.05, 0.1) is 0 Å². The number of amides is 1. The van der Waals surface area contributed by atoms with Gasteiger partial charge >= 0.3 is 5.97 Å². The SMILES string of the molecule is CNC(=O)COc1ccc2cc(C(=O)O)[nH]c2c1. The minimum Gasteiger partial charge on any atom is -0.484 e. The number of aromatic amines is 1. The van der Waals surface area contributed by atoms with E-state index < -0.39 is 5.97 Å². The normalized spacial score (nSPS) is 10.3. The van der Waals surface area contributed by atoms with E-state index in [1.807, 2.05) is 0 Å². The minimum absolute atomic E-state index is 0.0749. The molecule has 94 valence electrons. The van der Waals surface area contributed by atoms with Crippen LogP contribution in [0.4, 0.5) is 0 Å². The molecule has 2 aromatic rings. The van der Waals surface area contributed by atoms with Crippen LogP contribution in [0.2, 0.25) is 0 Å². The molecule has 1 heterocycles. The van der Waals surface area contributed by atoms with Gasteiger partial charge in [0.15, 0.2) is 6.61 Å². The van der Waals surface area contributed by atoms with Crippen LogP contribution in [0.5, 0.6) is 5.75 Å². The summed E-state index contributed by atoms with van der Waals surface area (Å²) in [6.07, 6.45) is 0. The number of likely N-dealkylation sites (N-methyl/N-ethyl adjacent to an activating group) is 1. The van der Waals surface area contributed by atoms with Crippen LogP contribution in [0, 0.1) is 0 Å². The van der Waals surface area contributed by atoms with Gasteiger partial charge in [-0.1, -0.05) is 0 Å². The number of hydrogen-bond donors (Lipinski definition) is 3. The number of carboxylic acid groups (broad SMARTS) is 1. The lowest BCUT2D eigenvalue weighted by atomic mass is 10.2. The predicted octanol–water partition coefficient (Wildman–Crippen LogP) is 0.991. The van der Waals surface area contributed by atoms with E-state index in [9.17, 15) is 9.59 Å². The topological polar surface area (TPSA) is 91.4 Å². The fourth-order valence-electron chi connectivity index (χ4n) is 1.53. The quantitative estimate of drug-likeness (QED) is 0.752. The summed E-state index contributed by atoms with van der Waals surface area (Å²) >= 11 is 0. The maximum Gasteiger partial charge on any atom is 0.352 e. The molecule has 1 aromatic heterocycles. The molecule has 6 heteroatoms. The minimum atomic E-state index is -1.01. The molecular weight excluding hydrogens is 236 g/mol. The number of aromatic nitrogens is 1. The van der Waals surface area contributed by atoms with Crippen molar-refractivity contribution in [3.8, 4) is 5.75 Å². The predicted molar refractivity (Wildman–Crippen MR) is 64.8 cm³/mol. The highest BCUT2D eigenvalue weighted by Gasteiger charge is 2.08. The number of carbonyl (C=O) groups excluding carboxylic acids is 1. The van der Waals surface area contributed by atoms with Crippen molar-refractivity contribution in [2.24, 2.45) is 0 Å². The Morgan fingerprint density at radius 1 is 1.39 bits per heavy atom. The Balaban J connectivity index is 2.21. The van der Waals surface area contributed by atoms with Gasteiger partial charge in [-0.3, -0.25) is 4.79 Å². The molecule has 0 aliphatic carbocycles. The van der Waals surface area contributed by atoms with Gasteiger partial charge in [0.25, 0.3) is 5.91 Å². The van der Waals surface area contributed by atoms with Gasteiger partial charge in [0.1, 0.15) is 11.4 Å². The summed E-state index contributed by atoms with van der Waals surface area (Å²) in [4.78, 5) is 24.6. The van der Waals surface area contributed by atoms with Gasteiger partial charge in [-0.25, -0.2) is 4.79 Å². The van der Waals surface area contributed by atoms with Crippen LogP contribution in [-0.2, 0) is 4.79 Å². The molecule has 0 saturated carbocycles. The molecule has 6 nitrogen and oxygen atoms in total. The zero-order chi connectivity index (χ0) is 13.1. The average Bonchev–Trinajstić information content (AvgIpc) is 2.79. The summed E-state index contributed by atoms with van der Waals surface area (Å²) < 4.78 is 5.26. The van der Waals surface area contributed by atoms with E-state index in [0.717, 1.165) is 5.39 Å². The lowest BCUT2D eigenvalue weighted by molar-refractivity contribution is -0.122. The number of carboxylic acids is 1. The van der Waals surface area contributed by atoms with Crippen LogP contribution >= 0.6 is 0 Å². The maximum atomic E-state index is 11.0. The number of ether oxygens (including phenoxy) is 1. The third kappa shape index (κ3) is 2.42. The molecule has 1 aromatic carbocycles. The highest BCUT2D eigenvalue weighted by atomic mass is 16.5. The molecule has 3 N–H and O–H groups in total. The molecule has 0 radical (unpaired) electrons. The Morgan fingerprint density at radius 3 is 2.83 bits per heavy atom. The first kappa shape index (κ1) is 12.0. The van der Waals surface area contributed by atoms with E-state index >= 15 is 0 Å². The molecule has 0 spiro atoms. The Labute approximate surface area is 103 Å². The number of hydrogen-bond acceptors (Lipinski definition) is 3. The van der Waals surface area contributed by atoms with Crippen molar-refractivity contribution in [3.63, 3.8) is 0 Å². The first-order valence-corrected chi connectivity index (χ1v) is 5.29. The van der Waals surface area contributed by atoms with Crippen molar-refractivity contribution >= 4 is 22.8 Å². The van der Waals surface area contributed by atoms with Crippen LogP contribution in [0.3, 0.4) is 0 Å². The number of carbonyl (C=O) groups is 2. The molecule has 2 rings (SSSR count). The fourth-order valence-corrected chi connectivity index (χ4v) is 1.53. The van der Waals surface area contributed by atoms with Crippen LogP contribution in [0.1, 0.15) is 10.5 Å². The number of aromatic carboxylic acids is 1. The number of nitrogens with one attached hydrogen (secondary N) is 2. The largest absolute Gasteiger partial charge is 0.484 e. The monoisotopic (exact) mass is 248 g/mol. The van der Waals surface area contributed by atoms with Gasteiger partial charge in [0.2, 0.25) is 0 Å². The summed E-state index contributed by atoms with van der Waals surface area (Å²) in [5.74, 6) is -0.739. The number of fused-ring (bicyclic) bond motifs is 1. The van der Waals surface area contributed by atoms with Gasteiger partial charge in [0, 0.05) is 24.0 Å². The van der Waals surface area contributed by atoms with Crippen molar-refractivity contribution in [3.05, 3.63) is 30.0 Å². The summed E-state index contributed by atoms with van der Waals surface area (Å²) in [6.45, 7) is -0.0749. The number of benzene rings is 1. The molecule has 0 bridgehead atoms. The van der Waals surface area contributed by atoms with Crippen molar-refractivity contribution in [2.45, 2.75) is 0 Å². The van der Waals surface area contributed by atoms with Crippen LogP contribution < -0.4 is 10.1 Å². The third-order valence-electron chi connectivity index (χ3n) is 2.47. The van der Waals surface area contributed by atoms with E-state index in [0.29, 0.717) is 11.3 Å². The Morgan fingerprint density at radius 2 is 2.17 bits per heavy atom.